The van der Waals surface area contributed by atoms with Crippen molar-refractivity contribution in [3.8, 4) is 23.0 Å². The van der Waals surface area contributed by atoms with E-state index in [0.29, 0.717) is 45.5 Å². The lowest BCUT2D eigenvalue weighted by atomic mass is 10.1. The second-order valence-electron chi connectivity index (χ2n) is 9.83. The summed E-state index contributed by atoms with van der Waals surface area (Å²) >= 11 is 1.32. The molecular weight excluding hydrogens is 606 g/mol. The molecule has 238 valence electrons. The average molecular weight is 642 g/mol. The Morgan fingerprint density at radius 2 is 1.39 bits per heavy atom. The van der Waals surface area contributed by atoms with Crippen molar-refractivity contribution in [3.63, 3.8) is 0 Å². The van der Waals surface area contributed by atoms with Crippen LogP contribution in [0.3, 0.4) is 0 Å². The molecule has 46 heavy (non-hydrogen) atoms. The number of thioether (sulfide) groups is 1. The Balaban J connectivity index is 1.51. The van der Waals surface area contributed by atoms with Gasteiger partial charge in [0, 0.05) is 40.0 Å². The van der Waals surface area contributed by atoms with Gasteiger partial charge in [0.25, 0.3) is 11.8 Å². The molecule has 3 N–H and O–H groups in total. The quantitative estimate of drug-likeness (QED) is 0.116. The lowest BCUT2D eigenvalue weighted by Crippen LogP contribution is -2.30. The Morgan fingerprint density at radius 3 is 2.04 bits per heavy atom. The average Bonchev–Trinajstić information content (AvgIpc) is 3.08. The normalized spacial score (nSPS) is 11.5. The van der Waals surface area contributed by atoms with Crippen LogP contribution in [0, 0.1) is 0 Å². The summed E-state index contributed by atoms with van der Waals surface area (Å²) in [6.45, 7) is 1.78. The summed E-state index contributed by atoms with van der Waals surface area (Å²) in [7, 11) is 6.12. The summed E-state index contributed by atoms with van der Waals surface area (Å²) in [5.41, 5.74) is 2.04. The van der Waals surface area contributed by atoms with E-state index < -0.39 is 17.1 Å². The number of amides is 3. The maximum Gasteiger partial charge on any atom is 0.272 e. The van der Waals surface area contributed by atoms with Crippen LogP contribution in [0.4, 0.5) is 11.4 Å². The molecular formula is C35H35N3O7S. The minimum absolute atomic E-state index is 0.0144. The van der Waals surface area contributed by atoms with Crippen molar-refractivity contribution in [2.24, 2.45) is 0 Å². The van der Waals surface area contributed by atoms with Crippen LogP contribution < -0.4 is 34.9 Å². The third-order valence-electron chi connectivity index (χ3n) is 6.64. The van der Waals surface area contributed by atoms with Gasteiger partial charge in [0.1, 0.15) is 17.2 Å². The highest BCUT2D eigenvalue weighted by Gasteiger charge is 2.18. The van der Waals surface area contributed by atoms with Gasteiger partial charge in [0.05, 0.1) is 33.7 Å². The lowest BCUT2D eigenvalue weighted by Gasteiger charge is -2.15. The highest BCUT2D eigenvalue weighted by molar-refractivity contribution is 8.00. The van der Waals surface area contributed by atoms with E-state index in [1.807, 2.05) is 6.07 Å². The van der Waals surface area contributed by atoms with Crippen LogP contribution in [-0.2, 0) is 9.59 Å². The Bertz CT molecular complexity index is 1700. The predicted octanol–water partition coefficient (Wildman–Crippen LogP) is 6.25. The van der Waals surface area contributed by atoms with Crippen LogP contribution in [-0.4, -0.2) is 51.4 Å². The van der Waals surface area contributed by atoms with Crippen LogP contribution >= 0.6 is 11.8 Å². The van der Waals surface area contributed by atoms with Gasteiger partial charge in [-0.3, -0.25) is 14.4 Å². The van der Waals surface area contributed by atoms with E-state index >= 15 is 0 Å². The van der Waals surface area contributed by atoms with Gasteiger partial charge in [-0.15, -0.1) is 11.8 Å². The van der Waals surface area contributed by atoms with Gasteiger partial charge in [-0.25, -0.2) is 0 Å². The number of nitrogens with one attached hydrogen (secondary N) is 3. The fourth-order valence-electron chi connectivity index (χ4n) is 4.28. The van der Waals surface area contributed by atoms with Crippen LogP contribution in [0.5, 0.6) is 23.0 Å². The highest BCUT2D eigenvalue weighted by atomic mass is 32.2. The maximum absolute atomic E-state index is 13.6. The van der Waals surface area contributed by atoms with Crippen molar-refractivity contribution in [3.05, 3.63) is 108 Å². The zero-order valence-corrected chi connectivity index (χ0v) is 26.9. The van der Waals surface area contributed by atoms with Crippen molar-refractivity contribution >= 4 is 46.9 Å². The number of methoxy groups -OCH3 is 4. The van der Waals surface area contributed by atoms with Gasteiger partial charge in [0.2, 0.25) is 5.91 Å². The third kappa shape index (κ3) is 9.05. The first kappa shape index (κ1) is 33.5. The number of hydrogen-bond donors (Lipinski definition) is 3. The summed E-state index contributed by atoms with van der Waals surface area (Å²) in [5.74, 6) is 0.895. The molecule has 0 aliphatic carbocycles. The SMILES string of the molecule is COc1cc(NC(=O)C(C)Sc2cccc(NC(=O)/C(=C\c3ccc(OC)c(OC)c3)NC(=O)c3ccccc3)c2)cc(OC)c1. The molecule has 4 aromatic carbocycles. The summed E-state index contributed by atoms with van der Waals surface area (Å²) in [6.07, 6.45) is 1.55. The standard InChI is InChI=1S/C35H35N3O7S/c1-22(33(39)37-26-18-27(42-2)21-28(19-26)43-3)46-29-13-9-12-25(20-29)36-35(41)30(38-34(40)24-10-7-6-8-11-24)16-23-14-15-31(44-4)32(17-23)45-5/h6-22H,1-5H3,(H,36,41)(H,37,39)(H,38,40)/b30-16+. The minimum atomic E-state index is -0.543. The zero-order valence-electron chi connectivity index (χ0n) is 26.1. The number of rotatable bonds is 13. The van der Waals surface area contributed by atoms with Crippen molar-refractivity contribution < 1.29 is 33.3 Å². The van der Waals surface area contributed by atoms with Crippen LogP contribution in [0.1, 0.15) is 22.8 Å². The van der Waals surface area contributed by atoms with E-state index in [2.05, 4.69) is 16.0 Å². The first-order valence-corrected chi connectivity index (χ1v) is 15.0. The number of benzene rings is 4. The second kappa shape index (κ2) is 16.1. The molecule has 1 atom stereocenters. The fourth-order valence-corrected chi connectivity index (χ4v) is 5.20. The topological polar surface area (TPSA) is 124 Å². The lowest BCUT2D eigenvalue weighted by molar-refractivity contribution is -0.115. The molecule has 3 amide bonds. The molecule has 0 radical (unpaired) electrons. The van der Waals surface area contributed by atoms with E-state index in [1.165, 1.54) is 40.2 Å². The maximum atomic E-state index is 13.6. The molecule has 0 bridgehead atoms. The van der Waals surface area contributed by atoms with Gasteiger partial charge in [-0.05, 0) is 61.0 Å². The molecule has 0 fully saturated rings. The largest absolute Gasteiger partial charge is 0.497 e. The van der Waals surface area contributed by atoms with Gasteiger partial charge in [-0.2, -0.15) is 0 Å². The first-order valence-electron chi connectivity index (χ1n) is 14.1. The van der Waals surface area contributed by atoms with Crippen LogP contribution in [0.2, 0.25) is 0 Å². The molecule has 4 rings (SSSR count). The smallest absolute Gasteiger partial charge is 0.272 e. The predicted molar refractivity (Wildman–Crippen MR) is 180 cm³/mol. The number of carbonyl (C=O) groups excluding carboxylic acids is 3. The van der Waals surface area contributed by atoms with Crippen LogP contribution in [0.25, 0.3) is 6.08 Å². The van der Waals surface area contributed by atoms with E-state index in [4.69, 9.17) is 18.9 Å². The molecule has 0 aromatic heterocycles. The molecule has 0 aliphatic heterocycles. The number of ether oxygens (including phenoxy) is 4. The van der Waals surface area contributed by atoms with Crippen molar-refractivity contribution in [2.45, 2.75) is 17.1 Å². The van der Waals surface area contributed by atoms with Gasteiger partial charge >= 0.3 is 0 Å². The van der Waals surface area contributed by atoms with Gasteiger partial charge in [0.15, 0.2) is 11.5 Å². The Hall–Kier alpha value is -5.42. The summed E-state index contributed by atoms with van der Waals surface area (Å²) < 4.78 is 21.3. The van der Waals surface area contributed by atoms with Crippen molar-refractivity contribution in [1.82, 2.24) is 5.32 Å². The summed E-state index contributed by atoms with van der Waals surface area (Å²) in [6, 6.07) is 26.0. The number of hydrogen-bond acceptors (Lipinski definition) is 8. The Labute approximate surface area is 272 Å². The van der Waals surface area contributed by atoms with Gasteiger partial charge < -0.3 is 34.9 Å². The summed E-state index contributed by atoms with van der Waals surface area (Å²) in [4.78, 5) is 40.4. The molecule has 0 spiro atoms. The van der Waals surface area contributed by atoms with E-state index in [1.54, 1.807) is 97.9 Å². The fraction of sp³-hybridized carbons (Fsp3) is 0.171. The molecule has 0 aliphatic rings. The van der Waals surface area contributed by atoms with Crippen LogP contribution in [0.15, 0.2) is 102 Å². The summed E-state index contributed by atoms with van der Waals surface area (Å²) in [5, 5.41) is 8.00. The van der Waals surface area contributed by atoms with E-state index in [0.717, 1.165) is 4.90 Å². The molecule has 10 nitrogen and oxygen atoms in total. The minimum Gasteiger partial charge on any atom is -0.497 e. The molecule has 0 heterocycles. The Kier molecular flexibility index (Phi) is 11.7. The first-order chi connectivity index (χ1) is 22.2. The number of carbonyl (C=O) groups is 3. The molecule has 0 saturated carbocycles. The third-order valence-corrected chi connectivity index (χ3v) is 7.73. The zero-order chi connectivity index (χ0) is 33.1. The highest BCUT2D eigenvalue weighted by Crippen LogP contribution is 2.30. The second-order valence-corrected chi connectivity index (χ2v) is 11.2. The Morgan fingerprint density at radius 1 is 0.696 bits per heavy atom. The van der Waals surface area contributed by atoms with Crippen molar-refractivity contribution in [2.75, 3.05) is 39.1 Å². The van der Waals surface area contributed by atoms with Gasteiger partial charge in [-0.1, -0.05) is 30.3 Å². The monoisotopic (exact) mass is 641 g/mol. The number of anilines is 2. The molecule has 0 saturated heterocycles. The van der Waals surface area contributed by atoms with E-state index in [-0.39, 0.29) is 11.6 Å². The van der Waals surface area contributed by atoms with E-state index in [9.17, 15) is 14.4 Å². The molecule has 11 heteroatoms. The van der Waals surface area contributed by atoms with Crippen molar-refractivity contribution in [1.29, 1.82) is 0 Å². The molecule has 4 aromatic rings. The molecule has 1 unspecified atom stereocenters.